The quantitative estimate of drug-likeness (QED) is 0.932. The van der Waals surface area contributed by atoms with E-state index in [0.717, 1.165) is 19.4 Å². The number of nitrogens with two attached hydrogens (primary N) is 1. The molecule has 1 aliphatic rings. The van der Waals surface area contributed by atoms with Crippen LogP contribution in [-0.2, 0) is 4.79 Å². The van der Waals surface area contributed by atoms with Crippen LogP contribution in [0.3, 0.4) is 0 Å². The van der Waals surface area contributed by atoms with E-state index in [2.05, 4.69) is 0 Å². The minimum Gasteiger partial charge on any atom is -0.489 e. The molecule has 104 valence electrons. The molecule has 1 heterocycles. The van der Waals surface area contributed by atoms with Crippen molar-refractivity contribution in [3.05, 3.63) is 28.2 Å². The second-order valence-corrected chi connectivity index (χ2v) is 5.32. The van der Waals surface area contributed by atoms with Gasteiger partial charge in [-0.2, -0.15) is 0 Å². The van der Waals surface area contributed by atoms with Gasteiger partial charge in [0.25, 0.3) is 0 Å². The first-order valence-electron chi connectivity index (χ1n) is 6.19. The number of piperidine rings is 1. The highest BCUT2D eigenvalue weighted by molar-refractivity contribution is 6.42. The Morgan fingerprint density at radius 3 is 2.89 bits per heavy atom. The van der Waals surface area contributed by atoms with E-state index < -0.39 is 0 Å². The van der Waals surface area contributed by atoms with Crippen molar-refractivity contribution >= 4 is 29.1 Å². The molecule has 0 spiro atoms. The molecule has 1 atom stereocenters. The van der Waals surface area contributed by atoms with Crippen LogP contribution in [-0.4, -0.2) is 36.5 Å². The number of hydrogen-bond acceptors (Lipinski definition) is 3. The zero-order valence-corrected chi connectivity index (χ0v) is 12.0. The fourth-order valence-electron chi connectivity index (χ4n) is 2.13. The van der Waals surface area contributed by atoms with Gasteiger partial charge in [0, 0.05) is 12.6 Å². The Hall–Kier alpha value is -0.970. The van der Waals surface area contributed by atoms with Crippen LogP contribution >= 0.6 is 23.2 Å². The van der Waals surface area contributed by atoms with Crippen molar-refractivity contribution in [2.75, 3.05) is 19.6 Å². The minimum absolute atomic E-state index is 0.0264. The normalized spacial score (nSPS) is 19.3. The van der Waals surface area contributed by atoms with Crippen LogP contribution in [0.15, 0.2) is 18.2 Å². The van der Waals surface area contributed by atoms with Crippen molar-refractivity contribution in [1.82, 2.24) is 4.90 Å². The Labute approximate surface area is 122 Å². The standard InChI is InChI=1S/C13H16Cl2N2O2/c14-11-4-3-9(6-12(11)15)19-10-2-1-5-17(8-10)13(18)7-16/h3-4,6,10H,1-2,5,7-8,16H2. The van der Waals surface area contributed by atoms with E-state index in [-0.39, 0.29) is 18.6 Å². The first-order valence-corrected chi connectivity index (χ1v) is 6.95. The molecule has 1 unspecified atom stereocenters. The second-order valence-electron chi connectivity index (χ2n) is 4.50. The Morgan fingerprint density at radius 2 is 2.21 bits per heavy atom. The molecule has 1 saturated heterocycles. The molecule has 0 aliphatic carbocycles. The molecule has 1 aliphatic heterocycles. The highest BCUT2D eigenvalue weighted by Gasteiger charge is 2.24. The van der Waals surface area contributed by atoms with E-state index in [0.29, 0.717) is 22.3 Å². The summed E-state index contributed by atoms with van der Waals surface area (Å²) in [5.41, 5.74) is 5.37. The van der Waals surface area contributed by atoms with E-state index in [9.17, 15) is 4.79 Å². The van der Waals surface area contributed by atoms with Gasteiger partial charge in [-0.25, -0.2) is 0 Å². The van der Waals surface area contributed by atoms with E-state index in [4.69, 9.17) is 33.7 Å². The molecule has 1 amide bonds. The molecule has 0 aromatic heterocycles. The molecule has 0 bridgehead atoms. The van der Waals surface area contributed by atoms with Crippen LogP contribution in [0.4, 0.5) is 0 Å². The van der Waals surface area contributed by atoms with Crippen LogP contribution in [0.25, 0.3) is 0 Å². The number of benzene rings is 1. The lowest BCUT2D eigenvalue weighted by molar-refractivity contribution is -0.132. The van der Waals surface area contributed by atoms with Crippen molar-refractivity contribution in [3.63, 3.8) is 0 Å². The molecule has 0 radical (unpaired) electrons. The predicted octanol–water partition coefficient (Wildman–Crippen LogP) is 2.32. The van der Waals surface area contributed by atoms with Crippen molar-refractivity contribution in [2.24, 2.45) is 5.73 Å². The number of halogens is 2. The largest absolute Gasteiger partial charge is 0.489 e. The Bertz CT molecular complexity index is 468. The maximum Gasteiger partial charge on any atom is 0.236 e. The number of likely N-dealkylation sites (tertiary alicyclic amines) is 1. The molecule has 2 N–H and O–H groups in total. The average molecular weight is 303 g/mol. The minimum atomic E-state index is -0.0394. The van der Waals surface area contributed by atoms with E-state index in [1.54, 1.807) is 23.1 Å². The van der Waals surface area contributed by atoms with Gasteiger partial charge >= 0.3 is 0 Å². The fourth-order valence-corrected chi connectivity index (χ4v) is 2.42. The van der Waals surface area contributed by atoms with Crippen molar-refractivity contribution in [1.29, 1.82) is 0 Å². The maximum absolute atomic E-state index is 11.6. The first kappa shape index (κ1) is 14.4. The summed E-state index contributed by atoms with van der Waals surface area (Å²) in [6.45, 7) is 1.35. The fraction of sp³-hybridized carbons (Fsp3) is 0.462. The number of hydrogen-bond donors (Lipinski definition) is 1. The van der Waals surface area contributed by atoms with Gasteiger partial charge in [0.05, 0.1) is 23.1 Å². The predicted molar refractivity (Wildman–Crippen MR) is 75.7 cm³/mol. The summed E-state index contributed by atoms with van der Waals surface area (Å²) in [5.74, 6) is 0.629. The van der Waals surface area contributed by atoms with Gasteiger partial charge in [0.2, 0.25) is 5.91 Å². The van der Waals surface area contributed by atoms with E-state index >= 15 is 0 Å². The highest BCUT2D eigenvalue weighted by atomic mass is 35.5. The third-order valence-electron chi connectivity index (χ3n) is 3.10. The van der Waals surface area contributed by atoms with Crippen LogP contribution < -0.4 is 10.5 Å². The molecule has 0 saturated carbocycles. The maximum atomic E-state index is 11.6. The topological polar surface area (TPSA) is 55.6 Å². The number of rotatable bonds is 3. The number of ether oxygens (including phenoxy) is 1. The van der Waals surface area contributed by atoms with Crippen molar-refractivity contribution in [2.45, 2.75) is 18.9 Å². The SMILES string of the molecule is NCC(=O)N1CCCC(Oc2ccc(Cl)c(Cl)c2)C1. The van der Waals surface area contributed by atoms with Crippen LogP contribution in [0, 0.1) is 0 Å². The van der Waals surface area contributed by atoms with Crippen molar-refractivity contribution in [3.8, 4) is 5.75 Å². The number of carbonyl (C=O) groups excluding carboxylic acids is 1. The van der Waals surface area contributed by atoms with Crippen LogP contribution in [0.1, 0.15) is 12.8 Å². The number of carbonyl (C=O) groups is 1. The van der Waals surface area contributed by atoms with Crippen LogP contribution in [0.2, 0.25) is 10.0 Å². The summed E-state index contributed by atoms with van der Waals surface area (Å²) < 4.78 is 5.84. The highest BCUT2D eigenvalue weighted by Crippen LogP contribution is 2.27. The third kappa shape index (κ3) is 3.75. The Morgan fingerprint density at radius 1 is 1.42 bits per heavy atom. The molecule has 19 heavy (non-hydrogen) atoms. The molecule has 1 aromatic rings. The average Bonchev–Trinajstić information content (AvgIpc) is 2.42. The molecular weight excluding hydrogens is 287 g/mol. The lowest BCUT2D eigenvalue weighted by Gasteiger charge is -2.32. The lowest BCUT2D eigenvalue weighted by Crippen LogP contribution is -2.46. The van der Waals surface area contributed by atoms with Gasteiger partial charge in [0.1, 0.15) is 11.9 Å². The molecular formula is C13H16Cl2N2O2. The van der Waals surface area contributed by atoms with Gasteiger partial charge in [-0.15, -0.1) is 0 Å². The first-order chi connectivity index (χ1) is 9.10. The van der Waals surface area contributed by atoms with E-state index in [1.165, 1.54) is 0 Å². The second kappa shape index (κ2) is 6.46. The van der Waals surface area contributed by atoms with Gasteiger partial charge in [-0.05, 0) is 25.0 Å². The number of amides is 1. The summed E-state index contributed by atoms with van der Waals surface area (Å²) in [6, 6.07) is 5.16. The number of nitrogens with zero attached hydrogens (tertiary/aromatic N) is 1. The van der Waals surface area contributed by atoms with E-state index in [1.807, 2.05) is 0 Å². The van der Waals surface area contributed by atoms with Gasteiger partial charge in [-0.3, -0.25) is 4.79 Å². The zero-order chi connectivity index (χ0) is 13.8. The lowest BCUT2D eigenvalue weighted by atomic mass is 10.1. The summed E-state index contributed by atoms with van der Waals surface area (Å²) in [4.78, 5) is 13.3. The van der Waals surface area contributed by atoms with Crippen LogP contribution in [0.5, 0.6) is 5.75 Å². The molecule has 1 aromatic carbocycles. The summed E-state index contributed by atoms with van der Waals surface area (Å²) in [7, 11) is 0. The molecule has 1 fully saturated rings. The van der Waals surface area contributed by atoms with Crippen molar-refractivity contribution < 1.29 is 9.53 Å². The molecule has 4 nitrogen and oxygen atoms in total. The molecule has 2 rings (SSSR count). The molecule has 6 heteroatoms. The monoisotopic (exact) mass is 302 g/mol. The summed E-state index contributed by atoms with van der Waals surface area (Å²) in [6.07, 6.45) is 1.80. The van der Waals surface area contributed by atoms with Gasteiger partial charge in [-0.1, -0.05) is 23.2 Å². The Kier molecular flexibility index (Phi) is 4.91. The smallest absolute Gasteiger partial charge is 0.236 e. The summed E-state index contributed by atoms with van der Waals surface area (Å²) in [5, 5.41) is 0.961. The van der Waals surface area contributed by atoms with Gasteiger partial charge in [0.15, 0.2) is 0 Å². The zero-order valence-electron chi connectivity index (χ0n) is 10.4. The van der Waals surface area contributed by atoms with Gasteiger partial charge < -0.3 is 15.4 Å². The Balaban J connectivity index is 1.98. The third-order valence-corrected chi connectivity index (χ3v) is 3.84. The summed E-state index contributed by atoms with van der Waals surface area (Å²) >= 11 is 11.8.